The quantitative estimate of drug-likeness (QED) is 0.291. The van der Waals surface area contributed by atoms with Crippen molar-refractivity contribution < 1.29 is 29.5 Å². The molecule has 14 heteroatoms. The number of methoxy groups -OCH3 is 1. The van der Waals surface area contributed by atoms with E-state index in [0.717, 1.165) is 16.7 Å². The fraction of sp³-hybridized carbons (Fsp3) is 0.304. The molecule has 14 nitrogen and oxygen atoms in total. The summed E-state index contributed by atoms with van der Waals surface area (Å²) in [5, 5.41) is 42.9. The van der Waals surface area contributed by atoms with Crippen LogP contribution in [0.25, 0.3) is 11.1 Å². The second-order valence-electron chi connectivity index (χ2n) is 8.25. The van der Waals surface area contributed by atoms with Crippen molar-refractivity contribution in [2.45, 2.75) is 31.0 Å². The molecule has 1 aliphatic heterocycles. The van der Waals surface area contributed by atoms with E-state index < -0.39 is 63.6 Å². The van der Waals surface area contributed by atoms with Crippen molar-refractivity contribution >= 4 is 11.4 Å². The molecular formula is C23H22N4O10. The predicted molar refractivity (Wildman–Crippen MR) is 127 cm³/mol. The van der Waals surface area contributed by atoms with Gasteiger partial charge in [0.15, 0.2) is 0 Å². The Morgan fingerprint density at radius 2 is 1.76 bits per heavy atom. The Balaban J connectivity index is 1.90. The molecule has 3 N–H and O–H groups in total. The summed E-state index contributed by atoms with van der Waals surface area (Å²) in [5.41, 5.74) is -2.77. The van der Waals surface area contributed by atoms with Crippen LogP contribution < -0.4 is 11.2 Å². The van der Waals surface area contributed by atoms with Crippen molar-refractivity contribution in [2.24, 2.45) is 0 Å². The van der Waals surface area contributed by atoms with Gasteiger partial charge < -0.3 is 19.7 Å². The lowest BCUT2D eigenvalue weighted by atomic mass is 9.91. The first-order valence-electron chi connectivity index (χ1n) is 11.0. The number of aliphatic hydroxyl groups excluding tert-OH is 2. The van der Waals surface area contributed by atoms with Gasteiger partial charge in [0.1, 0.15) is 24.0 Å². The maximum Gasteiger partial charge on any atom is 0.330 e. The van der Waals surface area contributed by atoms with E-state index in [4.69, 9.17) is 9.47 Å². The van der Waals surface area contributed by atoms with Crippen LogP contribution in [-0.4, -0.2) is 55.5 Å². The number of ether oxygens (including phenoxy) is 2. The molecule has 4 atom stereocenters. The number of H-pyrrole nitrogens is 1. The Hall–Kier alpha value is -4.24. The van der Waals surface area contributed by atoms with Gasteiger partial charge in [-0.05, 0) is 11.6 Å². The predicted octanol–water partition coefficient (Wildman–Crippen LogP) is 1.40. The third-order valence-electron chi connectivity index (χ3n) is 6.13. The molecule has 1 aliphatic rings. The minimum absolute atomic E-state index is 0.0345. The van der Waals surface area contributed by atoms with Crippen LogP contribution >= 0.6 is 0 Å². The fourth-order valence-corrected chi connectivity index (χ4v) is 4.44. The van der Waals surface area contributed by atoms with Crippen LogP contribution in [-0.2, 0) is 9.47 Å². The van der Waals surface area contributed by atoms with E-state index in [1.54, 1.807) is 6.07 Å². The number of nitrogens with one attached hydrogen (secondary N) is 1. The lowest BCUT2D eigenvalue weighted by Gasteiger charge is -2.21. The summed E-state index contributed by atoms with van der Waals surface area (Å²) in [6.45, 7) is -0.481. The van der Waals surface area contributed by atoms with Crippen LogP contribution in [0.5, 0.6) is 0 Å². The van der Waals surface area contributed by atoms with E-state index in [-0.39, 0.29) is 28.7 Å². The van der Waals surface area contributed by atoms with Gasteiger partial charge >= 0.3 is 5.69 Å². The fourth-order valence-electron chi connectivity index (χ4n) is 4.44. The van der Waals surface area contributed by atoms with Gasteiger partial charge in [0, 0.05) is 37.4 Å². The zero-order valence-corrected chi connectivity index (χ0v) is 19.3. The van der Waals surface area contributed by atoms with Gasteiger partial charge in [-0.25, -0.2) is 4.79 Å². The van der Waals surface area contributed by atoms with Crippen molar-refractivity contribution in [3.05, 3.63) is 101 Å². The molecule has 37 heavy (non-hydrogen) atoms. The van der Waals surface area contributed by atoms with Crippen LogP contribution in [0.4, 0.5) is 11.4 Å². The minimum atomic E-state index is -1.22. The zero-order chi connectivity index (χ0) is 26.9. The number of benzene rings is 2. The summed E-state index contributed by atoms with van der Waals surface area (Å²) in [4.78, 5) is 49.6. The molecule has 0 radical (unpaired) electrons. The zero-order valence-electron chi connectivity index (χ0n) is 19.3. The second kappa shape index (κ2) is 10.4. The molecule has 1 aromatic heterocycles. The molecule has 1 unspecified atom stereocenters. The normalized spacial score (nSPS) is 20.0. The van der Waals surface area contributed by atoms with E-state index in [0.29, 0.717) is 0 Å². The average Bonchev–Trinajstić information content (AvgIpc) is 3.25. The monoisotopic (exact) mass is 514 g/mol. The molecule has 0 saturated carbocycles. The van der Waals surface area contributed by atoms with E-state index in [2.05, 4.69) is 4.98 Å². The van der Waals surface area contributed by atoms with Crippen LogP contribution in [0.15, 0.2) is 58.3 Å². The number of rotatable bonds is 8. The Bertz CT molecular complexity index is 1430. The van der Waals surface area contributed by atoms with Gasteiger partial charge in [-0.3, -0.25) is 34.6 Å². The van der Waals surface area contributed by atoms with Crippen molar-refractivity contribution in [3.8, 4) is 11.1 Å². The molecule has 0 aliphatic carbocycles. The molecular weight excluding hydrogens is 492 g/mol. The molecule has 1 saturated heterocycles. The van der Waals surface area contributed by atoms with E-state index in [1.165, 1.54) is 37.6 Å². The van der Waals surface area contributed by atoms with Gasteiger partial charge in [-0.1, -0.05) is 24.3 Å². The average molecular weight is 514 g/mol. The van der Waals surface area contributed by atoms with Crippen molar-refractivity contribution in [1.82, 2.24) is 9.55 Å². The van der Waals surface area contributed by atoms with Crippen LogP contribution in [0.2, 0.25) is 0 Å². The molecule has 0 amide bonds. The van der Waals surface area contributed by atoms with Crippen molar-refractivity contribution in [1.29, 1.82) is 0 Å². The number of hydrogen-bond donors (Lipinski definition) is 3. The number of hydrogen-bond acceptors (Lipinski definition) is 10. The maximum absolute atomic E-state index is 12.9. The number of nitrogens with zero attached hydrogens (tertiary/aromatic N) is 3. The van der Waals surface area contributed by atoms with Crippen LogP contribution in [0.1, 0.15) is 29.9 Å². The first-order chi connectivity index (χ1) is 17.7. The van der Waals surface area contributed by atoms with Gasteiger partial charge in [-0.2, -0.15) is 0 Å². The molecule has 3 aromatic rings. The highest BCUT2D eigenvalue weighted by molar-refractivity contribution is 5.84. The first kappa shape index (κ1) is 25.8. The Morgan fingerprint density at radius 3 is 2.32 bits per heavy atom. The van der Waals surface area contributed by atoms with Gasteiger partial charge in [0.2, 0.25) is 0 Å². The van der Waals surface area contributed by atoms with Gasteiger partial charge in [-0.15, -0.1) is 0 Å². The highest BCUT2D eigenvalue weighted by Gasteiger charge is 2.36. The number of aromatic amines is 1. The number of aromatic nitrogens is 2. The first-order valence-corrected chi connectivity index (χ1v) is 11.0. The lowest BCUT2D eigenvalue weighted by Crippen LogP contribution is -2.35. The van der Waals surface area contributed by atoms with Crippen LogP contribution in [0.3, 0.4) is 0 Å². The molecule has 0 spiro atoms. The van der Waals surface area contributed by atoms with E-state index in [9.17, 15) is 40.0 Å². The molecule has 2 aromatic carbocycles. The highest BCUT2D eigenvalue weighted by Crippen LogP contribution is 2.42. The van der Waals surface area contributed by atoms with Crippen molar-refractivity contribution in [2.75, 3.05) is 13.7 Å². The third kappa shape index (κ3) is 4.77. The molecule has 1 fully saturated rings. The third-order valence-corrected chi connectivity index (χ3v) is 6.13. The van der Waals surface area contributed by atoms with E-state index >= 15 is 0 Å². The number of aliphatic hydroxyl groups is 2. The Morgan fingerprint density at radius 1 is 1.11 bits per heavy atom. The number of nitro benzene ring substituents is 2. The summed E-state index contributed by atoms with van der Waals surface area (Å²) in [6.07, 6.45) is -3.05. The molecule has 0 bridgehead atoms. The molecule has 194 valence electrons. The largest absolute Gasteiger partial charge is 0.394 e. The summed E-state index contributed by atoms with van der Waals surface area (Å²) < 4.78 is 12.2. The van der Waals surface area contributed by atoms with E-state index in [1.807, 2.05) is 0 Å². The summed E-state index contributed by atoms with van der Waals surface area (Å²) >= 11 is 0. The smallest absolute Gasteiger partial charge is 0.330 e. The Kier molecular flexibility index (Phi) is 7.26. The van der Waals surface area contributed by atoms with Crippen LogP contribution in [0, 0.1) is 20.2 Å². The molecule has 4 rings (SSSR count). The van der Waals surface area contributed by atoms with Gasteiger partial charge in [0.05, 0.1) is 28.1 Å². The molecule has 2 heterocycles. The standard InChI is InChI=1S/C23H22N4O10/c1-36-21(14-10-25(23(31)24-22(14)30)19-9-17(29)18(11-28)37-19)13-6-3-2-5-12(13)20-15(26(32)33)7-4-8-16(20)27(34)35/h2-8,10,17-19,21,28-29H,9,11H2,1H3,(H,24,30,31)/t17-,18+,19+,21?/m0/s1. The highest BCUT2D eigenvalue weighted by atomic mass is 16.6. The maximum atomic E-state index is 12.9. The summed E-state index contributed by atoms with van der Waals surface area (Å²) in [7, 11) is 1.27. The number of nitro groups is 2. The SMILES string of the molecule is COC(c1ccccc1-c1c([N+](=O)[O-])cccc1[N+](=O)[O-])c1cn([C@H]2C[C@H](O)[C@@H](CO)O2)c(=O)[nH]c1=O. The Labute approximate surface area is 207 Å². The summed E-state index contributed by atoms with van der Waals surface area (Å²) in [6, 6.07) is 9.49. The van der Waals surface area contributed by atoms with Crippen molar-refractivity contribution in [3.63, 3.8) is 0 Å². The lowest BCUT2D eigenvalue weighted by molar-refractivity contribution is -0.392. The van der Waals surface area contributed by atoms with Gasteiger partial charge in [0.25, 0.3) is 16.9 Å². The topological polar surface area (TPSA) is 200 Å². The minimum Gasteiger partial charge on any atom is -0.394 e. The summed E-state index contributed by atoms with van der Waals surface area (Å²) in [5.74, 6) is 0. The second-order valence-corrected chi connectivity index (χ2v) is 8.25.